The summed E-state index contributed by atoms with van der Waals surface area (Å²) in [5.41, 5.74) is 0. The molecule has 0 aromatic rings. The summed E-state index contributed by atoms with van der Waals surface area (Å²) >= 11 is 0. The standard InChI is InChI=1S/C11H25N3O2S/c1-4-7-13(8-5-2)17(15,16)14-9-6-12-11(3)10-14/h11-12H,4-10H2,1-3H3/t11-/m1/s1. The average Bonchev–Trinajstić information content (AvgIpc) is 2.29. The molecule has 1 atom stereocenters. The Morgan fingerprint density at radius 3 is 2.35 bits per heavy atom. The topological polar surface area (TPSA) is 52.7 Å². The summed E-state index contributed by atoms with van der Waals surface area (Å²) in [5, 5.41) is 3.26. The molecule has 0 spiro atoms. The fourth-order valence-corrected chi connectivity index (χ4v) is 4.00. The van der Waals surface area contributed by atoms with Crippen LogP contribution in [0.15, 0.2) is 0 Å². The number of rotatable bonds is 6. The van der Waals surface area contributed by atoms with Crippen molar-refractivity contribution in [2.24, 2.45) is 0 Å². The first-order valence-corrected chi connectivity index (χ1v) is 7.90. The Morgan fingerprint density at radius 1 is 1.29 bits per heavy atom. The highest BCUT2D eigenvalue weighted by Gasteiger charge is 2.31. The first kappa shape index (κ1) is 14.9. The van der Waals surface area contributed by atoms with Gasteiger partial charge in [0, 0.05) is 38.8 Å². The Balaban J connectivity index is 2.75. The van der Waals surface area contributed by atoms with E-state index in [2.05, 4.69) is 5.32 Å². The molecule has 0 bridgehead atoms. The highest BCUT2D eigenvalue weighted by Crippen LogP contribution is 2.12. The van der Waals surface area contributed by atoms with E-state index in [1.54, 1.807) is 8.61 Å². The van der Waals surface area contributed by atoms with E-state index >= 15 is 0 Å². The summed E-state index contributed by atoms with van der Waals surface area (Å²) < 4.78 is 28.1. The van der Waals surface area contributed by atoms with E-state index in [0.29, 0.717) is 26.2 Å². The van der Waals surface area contributed by atoms with Gasteiger partial charge in [0.25, 0.3) is 10.2 Å². The number of piperazine rings is 1. The predicted molar refractivity (Wildman–Crippen MR) is 70.1 cm³/mol. The van der Waals surface area contributed by atoms with Gasteiger partial charge < -0.3 is 5.32 Å². The molecule has 1 aliphatic rings. The van der Waals surface area contributed by atoms with Crippen LogP contribution in [0.2, 0.25) is 0 Å². The largest absolute Gasteiger partial charge is 0.312 e. The molecule has 102 valence electrons. The van der Waals surface area contributed by atoms with E-state index in [-0.39, 0.29) is 6.04 Å². The Morgan fingerprint density at radius 2 is 1.88 bits per heavy atom. The average molecular weight is 263 g/mol. The molecule has 0 aromatic heterocycles. The quantitative estimate of drug-likeness (QED) is 0.765. The van der Waals surface area contributed by atoms with Crippen LogP contribution in [0, 0.1) is 0 Å². The minimum Gasteiger partial charge on any atom is -0.312 e. The van der Waals surface area contributed by atoms with Gasteiger partial charge in [0.2, 0.25) is 0 Å². The zero-order valence-electron chi connectivity index (χ0n) is 11.1. The van der Waals surface area contributed by atoms with Gasteiger partial charge in [-0.05, 0) is 19.8 Å². The fraction of sp³-hybridized carbons (Fsp3) is 1.00. The van der Waals surface area contributed by atoms with Crippen molar-refractivity contribution in [3.05, 3.63) is 0 Å². The molecule has 0 saturated carbocycles. The zero-order chi connectivity index (χ0) is 12.9. The van der Waals surface area contributed by atoms with Crippen molar-refractivity contribution in [2.45, 2.75) is 39.7 Å². The fourth-order valence-electron chi connectivity index (χ4n) is 2.11. The lowest BCUT2D eigenvalue weighted by Gasteiger charge is -2.34. The van der Waals surface area contributed by atoms with Crippen molar-refractivity contribution in [2.75, 3.05) is 32.7 Å². The van der Waals surface area contributed by atoms with E-state index in [1.165, 1.54) is 0 Å². The molecule has 0 radical (unpaired) electrons. The Bertz CT molecular complexity index is 302. The van der Waals surface area contributed by atoms with Gasteiger partial charge in [-0.1, -0.05) is 13.8 Å². The molecule has 0 unspecified atom stereocenters. The number of nitrogens with one attached hydrogen (secondary N) is 1. The lowest BCUT2D eigenvalue weighted by Crippen LogP contribution is -2.55. The molecular weight excluding hydrogens is 238 g/mol. The van der Waals surface area contributed by atoms with Crippen molar-refractivity contribution < 1.29 is 8.42 Å². The van der Waals surface area contributed by atoms with Gasteiger partial charge in [-0.2, -0.15) is 17.0 Å². The maximum Gasteiger partial charge on any atom is 0.282 e. The van der Waals surface area contributed by atoms with Gasteiger partial charge in [-0.15, -0.1) is 0 Å². The summed E-state index contributed by atoms with van der Waals surface area (Å²) in [6, 6.07) is 0.239. The summed E-state index contributed by atoms with van der Waals surface area (Å²) in [6.07, 6.45) is 1.72. The first-order valence-electron chi connectivity index (χ1n) is 6.51. The van der Waals surface area contributed by atoms with Gasteiger partial charge >= 0.3 is 0 Å². The van der Waals surface area contributed by atoms with E-state index in [4.69, 9.17) is 0 Å². The molecule has 17 heavy (non-hydrogen) atoms. The molecule has 1 aliphatic heterocycles. The minimum atomic E-state index is -3.25. The number of nitrogens with zero attached hydrogens (tertiary/aromatic N) is 2. The van der Waals surface area contributed by atoms with Crippen molar-refractivity contribution >= 4 is 10.2 Å². The number of hydrogen-bond acceptors (Lipinski definition) is 3. The third-order valence-corrected chi connectivity index (χ3v) is 4.93. The summed E-state index contributed by atoms with van der Waals surface area (Å²) in [7, 11) is -3.25. The van der Waals surface area contributed by atoms with Gasteiger partial charge in [-0.3, -0.25) is 0 Å². The van der Waals surface area contributed by atoms with Crippen LogP contribution in [0.25, 0.3) is 0 Å². The molecule has 1 fully saturated rings. The van der Waals surface area contributed by atoms with Crippen LogP contribution in [0.1, 0.15) is 33.6 Å². The summed E-state index contributed by atoms with van der Waals surface area (Å²) in [5.74, 6) is 0. The second kappa shape index (κ2) is 6.68. The van der Waals surface area contributed by atoms with Gasteiger partial charge in [0.05, 0.1) is 0 Å². The molecule has 6 heteroatoms. The Kier molecular flexibility index (Phi) is 5.85. The van der Waals surface area contributed by atoms with Gasteiger partial charge in [0.15, 0.2) is 0 Å². The van der Waals surface area contributed by atoms with Gasteiger partial charge in [0.1, 0.15) is 0 Å². The van der Waals surface area contributed by atoms with Crippen LogP contribution in [0.4, 0.5) is 0 Å². The van der Waals surface area contributed by atoms with Crippen LogP contribution >= 0.6 is 0 Å². The van der Waals surface area contributed by atoms with Crippen molar-refractivity contribution in [3.8, 4) is 0 Å². The van der Waals surface area contributed by atoms with E-state index in [1.807, 2.05) is 20.8 Å². The third-order valence-electron chi connectivity index (χ3n) is 2.93. The lowest BCUT2D eigenvalue weighted by molar-refractivity contribution is 0.279. The second-order valence-corrected chi connectivity index (χ2v) is 6.55. The zero-order valence-corrected chi connectivity index (χ0v) is 12.0. The van der Waals surface area contributed by atoms with Crippen LogP contribution in [0.5, 0.6) is 0 Å². The molecule has 1 heterocycles. The molecule has 5 nitrogen and oxygen atoms in total. The van der Waals surface area contributed by atoms with Crippen LogP contribution < -0.4 is 5.32 Å². The minimum absolute atomic E-state index is 0.239. The second-order valence-electron chi connectivity index (χ2n) is 4.62. The molecule has 0 aliphatic carbocycles. The van der Waals surface area contributed by atoms with E-state index in [0.717, 1.165) is 19.4 Å². The third kappa shape index (κ3) is 3.91. The highest BCUT2D eigenvalue weighted by molar-refractivity contribution is 7.86. The molecular formula is C11H25N3O2S. The maximum atomic E-state index is 12.4. The van der Waals surface area contributed by atoms with Crippen molar-refractivity contribution in [3.63, 3.8) is 0 Å². The summed E-state index contributed by atoms with van der Waals surface area (Å²) in [4.78, 5) is 0. The van der Waals surface area contributed by atoms with Gasteiger partial charge in [-0.25, -0.2) is 0 Å². The Hall–Kier alpha value is -0.170. The van der Waals surface area contributed by atoms with Crippen LogP contribution in [0.3, 0.4) is 0 Å². The Labute approximate surface area is 105 Å². The predicted octanol–water partition coefficient (Wildman–Crippen LogP) is 0.647. The van der Waals surface area contributed by atoms with E-state index in [9.17, 15) is 8.42 Å². The molecule has 0 aromatic carbocycles. The smallest absolute Gasteiger partial charge is 0.282 e. The lowest BCUT2D eigenvalue weighted by atomic mass is 10.3. The van der Waals surface area contributed by atoms with Crippen LogP contribution in [-0.2, 0) is 10.2 Å². The van der Waals surface area contributed by atoms with Crippen molar-refractivity contribution in [1.29, 1.82) is 0 Å². The number of hydrogen-bond donors (Lipinski definition) is 1. The first-order chi connectivity index (χ1) is 8.02. The van der Waals surface area contributed by atoms with E-state index < -0.39 is 10.2 Å². The summed E-state index contributed by atoms with van der Waals surface area (Å²) in [6.45, 7) is 9.18. The SMILES string of the molecule is CCCN(CCC)S(=O)(=O)N1CCN[C@H](C)C1. The monoisotopic (exact) mass is 263 g/mol. The molecule has 1 rings (SSSR count). The van der Waals surface area contributed by atoms with Crippen LogP contribution in [-0.4, -0.2) is 55.8 Å². The molecule has 0 amide bonds. The maximum absolute atomic E-state index is 12.4. The normalized spacial score (nSPS) is 23.2. The molecule has 1 saturated heterocycles. The van der Waals surface area contributed by atoms with Crippen molar-refractivity contribution in [1.82, 2.24) is 13.9 Å². The molecule has 1 N–H and O–H groups in total. The highest BCUT2D eigenvalue weighted by atomic mass is 32.2.